The molecule has 94 valence electrons. The minimum atomic E-state index is -0.466. The number of nitrogens with two attached hydrogens (primary N) is 1. The molecule has 0 bridgehead atoms. The van der Waals surface area contributed by atoms with Gasteiger partial charge >= 0.3 is 0 Å². The molecule has 0 aromatic heterocycles. The van der Waals surface area contributed by atoms with E-state index in [1.54, 1.807) is 0 Å². The molecule has 1 atom stereocenters. The Hall–Kier alpha value is -1.39. The summed E-state index contributed by atoms with van der Waals surface area (Å²) in [6, 6.07) is 9.35. The van der Waals surface area contributed by atoms with Gasteiger partial charge in [0.15, 0.2) is 0 Å². The molecular formula is C13H21N3O. The van der Waals surface area contributed by atoms with E-state index in [1.165, 1.54) is 0 Å². The summed E-state index contributed by atoms with van der Waals surface area (Å²) >= 11 is 0. The Labute approximate surface area is 103 Å². The fourth-order valence-corrected chi connectivity index (χ4v) is 1.57. The maximum atomic E-state index is 11.7. The first-order valence-electron chi connectivity index (χ1n) is 5.96. The van der Waals surface area contributed by atoms with Crippen molar-refractivity contribution in [3.63, 3.8) is 0 Å². The molecule has 0 unspecified atom stereocenters. The smallest absolute Gasteiger partial charge is 0.237 e. The third-order valence-electron chi connectivity index (χ3n) is 2.54. The van der Waals surface area contributed by atoms with Gasteiger partial charge in [-0.25, -0.2) is 0 Å². The predicted octanol–water partition coefficient (Wildman–Crippen LogP) is 0.282. The van der Waals surface area contributed by atoms with E-state index in [2.05, 4.69) is 10.6 Å². The second-order valence-electron chi connectivity index (χ2n) is 4.04. The number of amides is 1. The van der Waals surface area contributed by atoms with Gasteiger partial charge in [0.2, 0.25) is 5.91 Å². The molecule has 4 heteroatoms. The van der Waals surface area contributed by atoms with E-state index in [0.29, 0.717) is 13.0 Å². The molecule has 0 heterocycles. The van der Waals surface area contributed by atoms with E-state index in [-0.39, 0.29) is 5.91 Å². The first-order valence-corrected chi connectivity index (χ1v) is 5.96. The molecule has 1 aromatic rings. The van der Waals surface area contributed by atoms with E-state index in [4.69, 9.17) is 5.73 Å². The molecule has 1 aromatic carbocycles. The number of nitrogens with one attached hydrogen (secondary N) is 2. The first-order chi connectivity index (χ1) is 8.24. The zero-order valence-electron chi connectivity index (χ0n) is 10.3. The maximum Gasteiger partial charge on any atom is 0.237 e. The Morgan fingerprint density at radius 1 is 1.29 bits per heavy atom. The highest BCUT2D eigenvalue weighted by atomic mass is 16.2. The fraction of sp³-hybridized carbons (Fsp3) is 0.462. The number of benzene rings is 1. The van der Waals surface area contributed by atoms with Gasteiger partial charge in [-0.3, -0.25) is 4.79 Å². The topological polar surface area (TPSA) is 67.1 Å². The van der Waals surface area contributed by atoms with Gasteiger partial charge in [0.05, 0.1) is 6.04 Å². The lowest BCUT2D eigenvalue weighted by molar-refractivity contribution is -0.122. The molecule has 0 spiro atoms. The summed E-state index contributed by atoms with van der Waals surface area (Å²) < 4.78 is 0. The maximum absolute atomic E-state index is 11.7. The average Bonchev–Trinajstić information content (AvgIpc) is 2.35. The molecule has 4 N–H and O–H groups in total. The Balaban J connectivity index is 2.27. The minimum Gasteiger partial charge on any atom is -0.355 e. The zero-order valence-corrected chi connectivity index (χ0v) is 10.3. The molecule has 0 aliphatic carbocycles. The molecule has 1 rings (SSSR count). The molecule has 4 nitrogen and oxygen atoms in total. The van der Waals surface area contributed by atoms with Gasteiger partial charge in [-0.2, -0.15) is 0 Å². The van der Waals surface area contributed by atoms with Crippen molar-refractivity contribution in [3.8, 4) is 0 Å². The zero-order chi connectivity index (χ0) is 12.5. The van der Waals surface area contributed by atoms with Crippen molar-refractivity contribution >= 4 is 5.91 Å². The van der Waals surface area contributed by atoms with Gasteiger partial charge in [-0.15, -0.1) is 0 Å². The molecular weight excluding hydrogens is 214 g/mol. The van der Waals surface area contributed by atoms with Crippen molar-refractivity contribution in [2.24, 2.45) is 5.73 Å². The number of hydrogen-bond acceptors (Lipinski definition) is 3. The van der Waals surface area contributed by atoms with Gasteiger partial charge in [0.1, 0.15) is 0 Å². The molecule has 1 amide bonds. The van der Waals surface area contributed by atoms with Crippen LogP contribution in [0.25, 0.3) is 0 Å². The van der Waals surface area contributed by atoms with Gasteiger partial charge in [0, 0.05) is 6.54 Å². The second-order valence-corrected chi connectivity index (χ2v) is 4.04. The Morgan fingerprint density at radius 2 is 2.00 bits per heavy atom. The Kier molecular flexibility index (Phi) is 6.29. The SMILES string of the molecule is CNCCCNC(=O)[C@@H](N)Cc1ccccc1. The van der Waals surface area contributed by atoms with E-state index >= 15 is 0 Å². The predicted molar refractivity (Wildman–Crippen MR) is 69.7 cm³/mol. The van der Waals surface area contributed by atoms with Crippen LogP contribution < -0.4 is 16.4 Å². The van der Waals surface area contributed by atoms with Crippen LogP contribution >= 0.6 is 0 Å². The summed E-state index contributed by atoms with van der Waals surface area (Å²) in [4.78, 5) is 11.7. The molecule has 0 aliphatic heterocycles. The monoisotopic (exact) mass is 235 g/mol. The van der Waals surface area contributed by atoms with Crippen LogP contribution in [0.4, 0.5) is 0 Å². The molecule has 0 fully saturated rings. The second kappa shape index (κ2) is 7.81. The van der Waals surface area contributed by atoms with E-state index < -0.39 is 6.04 Å². The van der Waals surface area contributed by atoms with Crippen LogP contribution in [0.3, 0.4) is 0 Å². The van der Waals surface area contributed by atoms with Crippen LogP contribution in [0.15, 0.2) is 30.3 Å². The van der Waals surface area contributed by atoms with Crippen molar-refractivity contribution in [2.75, 3.05) is 20.1 Å². The molecule has 17 heavy (non-hydrogen) atoms. The summed E-state index contributed by atoms with van der Waals surface area (Å²) in [6.45, 7) is 1.57. The number of carbonyl (C=O) groups is 1. The summed E-state index contributed by atoms with van der Waals surface area (Å²) in [5, 5.41) is 5.86. The van der Waals surface area contributed by atoms with E-state index in [0.717, 1.165) is 18.5 Å². The summed E-state index contributed by atoms with van der Waals surface area (Å²) in [7, 11) is 1.89. The largest absolute Gasteiger partial charge is 0.355 e. The summed E-state index contributed by atoms with van der Waals surface area (Å²) in [6.07, 6.45) is 1.50. The van der Waals surface area contributed by atoms with E-state index in [1.807, 2.05) is 37.4 Å². The van der Waals surface area contributed by atoms with Gasteiger partial charge in [-0.05, 0) is 32.0 Å². The first kappa shape index (κ1) is 13.7. The van der Waals surface area contributed by atoms with Crippen LogP contribution in [-0.4, -0.2) is 32.1 Å². The standard InChI is InChI=1S/C13H21N3O/c1-15-8-5-9-16-13(17)12(14)10-11-6-3-2-4-7-11/h2-4,6-7,12,15H,5,8-10,14H2,1H3,(H,16,17)/t12-/m0/s1. The highest BCUT2D eigenvalue weighted by Gasteiger charge is 2.12. The van der Waals surface area contributed by atoms with Crippen LogP contribution in [0, 0.1) is 0 Å². The quantitative estimate of drug-likeness (QED) is 0.595. The Morgan fingerprint density at radius 3 is 2.65 bits per heavy atom. The normalized spacial score (nSPS) is 12.1. The highest BCUT2D eigenvalue weighted by molar-refractivity contribution is 5.81. The molecule has 0 saturated carbocycles. The van der Waals surface area contributed by atoms with E-state index in [9.17, 15) is 4.79 Å². The third-order valence-corrected chi connectivity index (χ3v) is 2.54. The average molecular weight is 235 g/mol. The highest BCUT2D eigenvalue weighted by Crippen LogP contribution is 2.01. The third kappa shape index (κ3) is 5.47. The molecule has 0 aliphatic rings. The summed E-state index contributed by atoms with van der Waals surface area (Å²) in [5.74, 6) is -0.0787. The van der Waals surface area contributed by atoms with Crippen molar-refractivity contribution in [1.29, 1.82) is 0 Å². The van der Waals surface area contributed by atoms with Gasteiger partial charge in [0.25, 0.3) is 0 Å². The van der Waals surface area contributed by atoms with Crippen molar-refractivity contribution in [3.05, 3.63) is 35.9 Å². The van der Waals surface area contributed by atoms with Gasteiger partial charge in [-0.1, -0.05) is 30.3 Å². The van der Waals surface area contributed by atoms with Crippen molar-refractivity contribution < 1.29 is 4.79 Å². The number of carbonyl (C=O) groups excluding carboxylic acids is 1. The Bertz CT molecular complexity index is 327. The fourth-order valence-electron chi connectivity index (χ4n) is 1.57. The lowest BCUT2D eigenvalue weighted by Crippen LogP contribution is -2.42. The van der Waals surface area contributed by atoms with Crippen LogP contribution in [0.1, 0.15) is 12.0 Å². The van der Waals surface area contributed by atoms with Gasteiger partial charge < -0.3 is 16.4 Å². The van der Waals surface area contributed by atoms with Crippen molar-refractivity contribution in [2.45, 2.75) is 18.9 Å². The number of hydrogen-bond donors (Lipinski definition) is 3. The van der Waals surface area contributed by atoms with Crippen LogP contribution in [0.2, 0.25) is 0 Å². The molecule has 0 radical (unpaired) electrons. The van der Waals surface area contributed by atoms with Crippen LogP contribution in [0.5, 0.6) is 0 Å². The minimum absolute atomic E-state index is 0.0787. The molecule has 0 saturated heterocycles. The van der Waals surface area contributed by atoms with Crippen molar-refractivity contribution in [1.82, 2.24) is 10.6 Å². The lowest BCUT2D eigenvalue weighted by Gasteiger charge is -2.12. The lowest BCUT2D eigenvalue weighted by atomic mass is 10.1. The van der Waals surface area contributed by atoms with Crippen LogP contribution in [-0.2, 0) is 11.2 Å². The summed E-state index contributed by atoms with van der Waals surface area (Å²) in [5.41, 5.74) is 6.92. The number of rotatable bonds is 7.